The number of aromatic hydroxyl groups is 1. The molecule has 0 aliphatic heterocycles. The Kier molecular flexibility index (Phi) is 4.24. The SMILES string of the molecule is CC(C)c1noc(COC(=O)c2ccc(Cl)cc2O)n1. The number of esters is 1. The number of carbonyl (C=O) groups excluding carboxylic acids is 1. The van der Waals surface area contributed by atoms with Gasteiger partial charge in [-0.15, -0.1) is 0 Å². The smallest absolute Gasteiger partial charge is 0.342 e. The van der Waals surface area contributed by atoms with Gasteiger partial charge in [-0.05, 0) is 18.2 Å². The van der Waals surface area contributed by atoms with Crippen molar-refractivity contribution in [2.45, 2.75) is 26.4 Å². The number of hydrogen-bond donors (Lipinski definition) is 1. The minimum absolute atomic E-state index is 0.0259. The molecule has 0 bridgehead atoms. The van der Waals surface area contributed by atoms with E-state index in [4.69, 9.17) is 20.9 Å². The summed E-state index contributed by atoms with van der Waals surface area (Å²) in [6.07, 6.45) is 0. The third-order valence-electron chi connectivity index (χ3n) is 2.51. The summed E-state index contributed by atoms with van der Waals surface area (Å²) in [6, 6.07) is 4.14. The van der Waals surface area contributed by atoms with Crippen LogP contribution < -0.4 is 0 Å². The number of hydrogen-bond acceptors (Lipinski definition) is 6. The van der Waals surface area contributed by atoms with Gasteiger partial charge in [-0.25, -0.2) is 4.79 Å². The molecule has 0 saturated carbocycles. The maximum Gasteiger partial charge on any atom is 0.342 e. The van der Waals surface area contributed by atoms with Crippen molar-refractivity contribution < 1.29 is 19.2 Å². The van der Waals surface area contributed by atoms with E-state index < -0.39 is 5.97 Å². The summed E-state index contributed by atoms with van der Waals surface area (Å²) in [4.78, 5) is 15.8. The number of rotatable bonds is 4. The van der Waals surface area contributed by atoms with E-state index in [1.807, 2.05) is 13.8 Å². The van der Waals surface area contributed by atoms with Crippen molar-refractivity contribution in [1.29, 1.82) is 0 Å². The Hall–Kier alpha value is -2.08. The number of ether oxygens (including phenoxy) is 1. The Morgan fingerprint density at radius 2 is 2.25 bits per heavy atom. The van der Waals surface area contributed by atoms with Gasteiger partial charge in [0, 0.05) is 10.9 Å². The summed E-state index contributed by atoms with van der Waals surface area (Å²) >= 11 is 5.68. The molecule has 0 radical (unpaired) electrons. The Balaban J connectivity index is 2.01. The molecule has 106 valence electrons. The Labute approximate surface area is 120 Å². The molecule has 1 N–H and O–H groups in total. The third-order valence-corrected chi connectivity index (χ3v) is 2.74. The van der Waals surface area contributed by atoms with Crippen LogP contribution in [0.15, 0.2) is 22.7 Å². The molecule has 1 aromatic carbocycles. The standard InChI is InChI=1S/C13H13ClN2O4/c1-7(2)12-15-11(20-16-12)6-19-13(18)9-4-3-8(14)5-10(9)17/h3-5,7,17H,6H2,1-2H3. The highest BCUT2D eigenvalue weighted by molar-refractivity contribution is 6.30. The zero-order valence-corrected chi connectivity index (χ0v) is 11.7. The van der Waals surface area contributed by atoms with Crippen LogP contribution in [0, 0.1) is 0 Å². The van der Waals surface area contributed by atoms with Gasteiger partial charge in [0.15, 0.2) is 12.4 Å². The van der Waals surface area contributed by atoms with Crippen LogP contribution in [0.4, 0.5) is 0 Å². The summed E-state index contributed by atoms with van der Waals surface area (Å²) in [5.74, 6) is -0.0521. The van der Waals surface area contributed by atoms with Gasteiger partial charge in [-0.1, -0.05) is 30.6 Å². The first kappa shape index (κ1) is 14.3. The van der Waals surface area contributed by atoms with E-state index in [0.717, 1.165) is 0 Å². The molecule has 7 heteroatoms. The van der Waals surface area contributed by atoms with E-state index in [1.165, 1.54) is 18.2 Å². The summed E-state index contributed by atoms with van der Waals surface area (Å²) in [7, 11) is 0. The maximum absolute atomic E-state index is 11.8. The fourth-order valence-corrected chi connectivity index (χ4v) is 1.61. The number of phenolic OH excluding ortho intramolecular Hbond substituents is 1. The molecule has 0 saturated heterocycles. The van der Waals surface area contributed by atoms with Crippen LogP contribution in [0.5, 0.6) is 5.75 Å². The number of nitrogens with zero attached hydrogens (tertiary/aromatic N) is 2. The molecule has 1 aromatic heterocycles. The van der Waals surface area contributed by atoms with Crippen LogP contribution in [0.3, 0.4) is 0 Å². The summed E-state index contributed by atoms with van der Waals surface area (Å²) in [6.45, 7) is 3.69. The van der Waals surface area contributed by atoms with Crippen LogP contribution in [0.1, 0.15) is 41.8 Å². The second kappa shape index (κ2) is 5.92. The number of aromatic nitrogens is 2. The molecule has 0 unspecified atom stereocenters. The minimum Gasteiger partial charge on any atom is -0.507 e. The van der Waals surface area contributed by atoms with E-state index in [1.54, 1.807) is 0 Å². The number of halogens is 1. The monoisotopic (exact) mass is 296 g/mol. The highest BCUT2D eigenvalue weighted by Gasteiger charge is 2.15. The van der Waals surface area contributed by atoms with Crippen molar-refractivity contribution in [3.63, 3.8) is 0 Å². The van der Waals surface area contributed by atoms with Crippen molar-refractivity contribution in [2.75, 3.05) is 0 Å². The van der Waals surface area contributed by atoms with Crippen molar-refractivity contribution in [2.24, 2.45) is 0 Å². The van der Waals surface area contributed by atoms with Crippen molar-refractivity contribution in [1.82, 2.24) is 10.1 Å². The Morgan fingerprint density at radius 1 is 1.50 bits per heavy atom. The van der Waals surface area contributed by atoms with Gasteiger partial charge in [-0.2, -0.15) is 4.98 Å². The fraction of sp³-hybridized carbons (Fsp3) is 0.308. The molecule has 20 heavy (non-hydrogen) atoms. The van der Waals surface area contributed by atoms with E-state index in [2.05, 4.69) is 10.1 Å². The van der Waals surface area contributed by atoms with Crippen molar-refractivity contribution in [3.05, 3.63) is 40.5 Å². The normalized spacial score (nSPS) is 10.8. The zero-order chi connectivity index (χ0) is 14.7. The lowest BCUT2D eigenvalue weighted by Gasteiger charge is -2.04. The first-order valence-corrected chi connectivity index (χ1v) is 6.33. The van der Waals surface area contributed by atoms with Gasteiger partial charge < -0.3 is 14.4 Å². The highest BCUT2D eigenvalue weighted by atomic mass is 35.5. The Bertz CT molecular complexity index is 625. The first-order valence-electron chi connectivity index (χ1n) is 5.95. The molecule has 0 fully saturated rings. The molecule has 0 aliphatic rings. The summed E-state index contributed by atoms with van der Waals surface area (Å²) in [5, 5.41) is 13.7. The van der Waals surface area contributed by atoms with Crippen LogP contribution in [-0.2, 0) is 11.3 Å². The van der Waals surface area contributed by atoms with Gasteiger partial charge in [0.2, 0.25) is 0 Å². The minimum atomic E-state index is -0.691. The van der Waals surface area contributed by atoms with E-state index in [9.17, 15) is 9.90 Å². The second-order valence-corrected chi connectivity index (χ2v) is 4.88. The van der Waals surface area contributed by atoms with Gasteiger partial charge in [0.05, 0.1) is 0 Å². The van der Waals surface area contributed by atoms with Crippen LogP contribution in [-0.4, -0.2) is 21.2 Å². The second-order valence-electron chi connectivity index (χ2n) is 4.44. The molecular formula is C13H13ClN2O4. The first-order chi connectivity index (χ1) is 9.47. The van der Waals surface area contributed by atoms with E-state index in [0.29, 0.717) is 10.8 Å². The lowest BCUT2D eigenvalue weighted by atomic mass is 10.2. The molecule has 0 atom stereocenters. The van der Waals surface area contributed by atoms with Crippen LogP contribution >= 0.6 is 11.6 Å². The van der Waals surface area contributed by atoms with Crippen molar-refractivity contribution >= 4 is 17.6 Å². The van der Waals surface area contributed by atoms with Crippen molar-refractivity contribution in [3.8, 4) is 5.75 Å². The average molecular weight is 297 g/mol. The Morgan fingerprint density at radius 3 is 2.85 bits per heavy atom. The molecular weight excluding hydrogens is 284 g/mol. The molecule has 0 spiro atoms. The average Bonchev–Trinajstić information content (AvgIpc) is 2.85. The maximum atomic E-state index is 11.8. The summed E-state index contributed by atoms with van der Waals surface area (Å²) in [5.41, 5.74) is 0.0259. The molecule has 2 aromatic rings. The van der Waals surface area contributed by atoms with Gasteiger partial charge in [-0.3, -0.25) is 0 Å². The lowest BCUT2D eigenvalue weighted by Crippen LogP contribution is -2.06. The summed E-state index contributed by atoms with van der Waals surface area (Å²) < 4.78 is 9.93. The molecule has 1 heterocycles. The third kappa shape index (κ3) is 3.27. The fourth-order valence-electron chi connectivity index (χ4n) is 1.44. The molecule has 6 nitrogen and oxygen atoms in total. The van der Waals surface area contributed by atoms with Crippen LogP contribution in [0.25, 0.3) is 0 Å². The quantitative estimate of drug-likeness (QED) is 0.873. The highest BCUT2D eigenvalue weighted by Crippen LogP contribution is 2.22. The topological polar surface area (TPSA) is 85.5 Å². The van der Waals surface area contributed by atoms with E-state index in [-0.39, 0.29) is 29.7 Å². The largest absolute Gasteiger partial charge is 0.507 e. The number of phenols is 1. The number of carbonyl (C=O) groups is 1. The van der Waals surface area contributed by atoms with Crippen LogP contribution in [0.2, 0.25) is 5.02 Å². The van der Waals surface area contributed by atoms with E-state index >= 15 is 0 Å². The predicted octanol–water partition coefficient (Wildman–Crippen LogP) is 2.91. The van der Waals surface area contributed by atoms with Gasteiger partial charge in [0.25, 0.3) is 5.89 Å². The predicted molar refractivity (Wildman–Crippen MR) is 70.6 cm³/mol. The van der Waals surface area contributed by atoms with Gasteiger partial charge >= 0.3 is 5.97 Å². The molecule has 0 amide bonds. The van der Waals surface area contributed by atoms with Gasteiger partial charge in [0.1, 0.15) is 11.3 Å². The zero-order valence-electron chi connectivity index (χ0n) is 11.0. The number of benzene rings is 1. The molecule has 2 rings (SSSR count). The lowest BCUT2D eigenvalue weighted by molar-refractivity contribution is 0.0426. The molecule has 0 aliphatic carbocycles.